The molecule has 3 aromatic rings. The number of carbonyl (C=O) groups excluding carboxylic acids is 1. The molecular weight excluding hydrogens is 477 g/mol. The Morgan fingerprint density at radius 1 is 1.12 bits per heavy atom. The van der Waals surface area contributed by atoms with Crippen LogP contribution >= 0.6 is 35.0 Å². The van der Waals surface area contributed by atoms with E-state index in [2.05, 4.69) is 10.3 Å². The first-order valence-corrected chi connectivity index (χ1v) is 11.1. The summed E-state index contributed by atoms with van der Waals surface area (Å²) in [7, 11) is 4.51. The van der Waals surface area contributed by atoms with Gasteiger partial charge in [0.2, 0.25) is 5.91 Å². The number of ether oxygens (including phenoxy) is 3. The molecule has 3 rings (SSSR count). The molecule has 0 radical (unpaired) electrons. The second kappa shape index (κ2) is 10.9. The number of thioether (sulfide) groups is 1. The van der Waals surface area contributed by atoms with Crippen molar-refractivity contribution in [2.45, 2.75) is 11.7 Å². The Labute approximate surface area is 198 Å². The molecular formula is C21H21Cl2N3O5S. The predicted octanol–water partition coefficient (Wildman–Crippen LogP) is 4.10. The van der Waals surface area contributed by atoms with E-state index in [1.807, 2.05) is 0 Å². The van der Waals surface area contributed by atoms with Crippen LogP contribution < -0.4 is 20.3 Å². The Morgan fingerprint density at radius 2 is 1.88 bits per heavy atom. The molecule has 0 aliphatic heterocycles. The third-order valence-corrected chi connectivity index (χ3v) is 5.99. The largest absolute Gasteiger partial charge is 0.495 e. The third kappa shape index (κ3) is 5.47. The van der Waals surface area contributed by atoms with Crippen molar-refractivity contribution in [3.8, 4) is 11.5 Å². The topological polar surface area (TPSA) is 91.7 Å². The minimum Gasteiger partial charge on any atom is -0.495 e. The Balaban J connectivity index is 1.84. The second-order valence-corrected chi connectivity index (χ2v) is 8.32. The maximum atomic E-state index is 13.0. The Kier molecular flexibility index (Phi) is 8.25. The predicted molar refractivity (Wildman–Crippen MR) is 127 cm³/mol. The number of methoxy groups -OCH3 is 3. The molecule has 1 heterocycles. The molecule has 8 nitrogen and oxygen atoms in total. The van der Waals surface area contributed by atoms with Crippen LogP contribution in [0.1, 0.15) is 0 Å². The second-order valence-electron chi connectivity index (χ2n) is 6.53. The third-order valence-electron chi connectivity index (χ3n) is 4.48. The van der Waals surface area contributed by atoms with Gasteiger partial charge >= 0.3 is 0 Å². The minimum absolute atomic E-state index is 0.00169. The van der Waals surface area contributed by atoms with Crippen LogP contribution in [0.2, 0.25) is 10.0 Å². The molecule has 0 fully saturated rings. The highest BCUT2D eigenvalue weighted by molar-refractivity contribution is 7.99. The number of amides is 1. The zero-order valence-corrected chi connectivity index (χ0v) is 19.9. The molecule has 2 aromatic carbocycles. The van der Waals surface area contributed by atoms with E-state index >= 15 is 0 Å². The molecule has 32 heavy (non-hydrogen) atoms. The summed E-state index contributed by atoms with van der Waals surface area (Å²) in [5, 5.41) is 4.39. The van der Waals surface area contributed by atoms with Gasteiger partial charge in [0, 0.05) is 18.2 Å². The van der Waals surface area contributed by atoms with Gasteiger partial charge in [0.1, 0.15) is 11.5 Å². The van der Waals surface area contributed by atoms with Crippen LogP contribution in [0.4, 0.5) is 5.69 Å². The summed E-state index contributed by atoms with van der Waals surface area (Å²) in [5.74, 6) is 0.503. The minimum atomic E-state index is -0.326. The van der Waals surface area contributed by atoms with Gasteiger partial charge in [0.15, 0.2) is 5.16 Å². The number of carbonyl (C=O) groups is 1. The average molecular weight is 498 g/mol. The van der Waals surface area contributed by atoms with Crippen molar-refractivity contribution in [3.05, 3.63) is 50.7 Å². The van der Waals surface area contributed by atoms with Gasteiger partial charge in [0.05, 0.1) is 54.7 Å². The number of rotatable bonds is 9. The van der Waals surface area contributed by atoms with Crippen molar-refractivity contribution in [1.82, 2.24) is 9.55 Å². The maximum Gasteiger partial charge on any atom is 0.262 e. The van der Waals surface area contributed by atoms with Gasteiger partial charge in [-0.1, -0.05) is 35.0 Å². The summed E-state index contributed by atoms with van der Waals surface area (Å²) in [6, 6.07) is 8.03. The first-order valence-electron chi connectivity index (χ1n) is 9.41. The van der Waals surface area contributed by atoms with E-state index in [1.54, 1.807) is 37.4 Å². The van der Waals surface area contributed by atoms with Crippen LogP contribution in [0.3, 0.4) is 0 Å². The van der Waals surface area contributed by atoms with Gasteiger partial charge in [0.25, 0.3) is 5.56 Å². The summed E-state index contributed by atoms with van der Waals surface area (Å²) in [4.78, 5) is 30.1. The Hall–Kier alpha value is -2.46. The van der Waals surface area contributed by atoms with Crippen LogP contribution in [-0.2, 0) is 16.1 Å². The number of anilines is 1. The maximum absolute atomic E-state index is 13.0. The van der Waals surface area contributed by atoms with Gasteiger partial charge < -0.3 is 19.5 Å². The van der Waals surface area contributed by atoms with Crippen LogP contribution in [0.25, 0.3) is 10.9 Å². The molecule has 1 N–H and O–H groups in total. The number of halogens is 2. The van der Waals surface area contributed by atoms with Crippen molar-refractivity contribution in [1.29, 1.82) is 0 Å². The summed E-state index contributed by atoms with van der Waals surface area (Å²) >= 11 is 13.3. The van der Waals surface area contributed by atoms with Crippen molar-refractivity contribution in [2.24, 2.45) is 0 Å². The Bertz CT molecular complexity index is 1200. The molecule has 0 aliphatic carbocycles. The molecule has 0 saturated carbocycles. The molecule has 1 aromatic heterocycles. The number of fused-ring (bicyclic) bond motifs is 1. The first kappa shape index (κ1) is 24.2. The fourth-order valence-electron chi connectivity index (χ4n) is 2.94. The van der Waals surface area contributed by atoms with Crippen LogP contribution in [0.15, 0.2) is 40.3 Å². The highest BCUT2D eigenvalue weighted by atomic mass is 35.5. The summed E-state index contributed by atoms with van der Waals surface area (Å²) in [6.07, 6.45) is 0. The lowest BCUT2D eigenvalue weighted by Crippen LogP contribution is -2.26. The van der Waals surface area contributed by atoms with Crippen molar-refractivity contribution < 1.29 is 19.0 Å². The van der Waals surface area contributed by atoms with E-state index in [4.69, 9.17) is 37.4 Å². The lowest BCUT2D eigenvalue weighted by Gasteiger charge is -2.14. The van der Waals surface area contributed by atoms with Gasteiger partial charge in [-0.05, 0) is 24.3 Å². The van der Waals surface area contributed by atoms with E-state index < -0.39 is 0 Å². The summed E-state index contributed by atoms with van der Waals surface area (Å²) < 4.78 is 17.1. The molecule has 170 valence electrons. The zero-order valence-electron chi connectivity index (χ0n) is 17.6. The molecule has 0 saturated heterocycles. The smallest absolute Gasteiger partial charge is 0.262 e. The van der Waals surface area contributed by atoms with Gasteiger partial charge in [-0.3, -0.25) is 14.2 Å². The van der Waals surface area contributed by atoms with Gasteiger partial charge in [-0.25, -0.2) is 4.98 Å². The first-order chi connectivity index (χ1) is 15.4. The van der Waals surface area contributed by atoms with E-state index in [-0.39, 0.29) is 17.2 Å². The summed E-state index contributed by atoms with van der Waals surface area (Å²) in [5.41, 5.74) is 0.636. The van der Waals surface area contributed by atoms with E-state index in [1.165, 1.54) is 18.8 Å². The molecule has 0 unspecified atom stereocenters. The fourth-order valence-corrected chi connectivity index (χ4v) is 4.17. The molecule has 0 bridgehead atoms. The standard InChI is InChI=1S/C21H21Cl2N3O5S/c1-29-7-6-26-20(28)13-5-4-12(22)8-15(13)25-21(26)32-11-19(27)24-16-9-14(23)17(30-2)10-18(16)31-3/h4-5,8-10H,6-7,11H2,1-3H3,(H,24,27). The van der Waals surface area contributed by atoms with Crippen molar-refractivity contribution in [3.63, 3.8) is 0 Å². The SMILES string of the molecule is COCCn1c(SCC(=O)Nc2cc(Cl)c(OC)cc2OC)nc2cc(Cl)ccc2c1=O. The number of aromatic nitrogens is 2. The monoisotopic (exact) mass is 497 g/mol. The van der Waals surface area contributed by atoms with Gasteiger partial charge in [-0.15, -0.1) is 0 Å². The number of hydrogen-bond acceptors (Lipinski definition) is 7. The molecule has 1 amide bonds. The van der Waals surface area contributed by atoms with E-state index in [0.29, 0.717) is 56.4 Å². The number of nitrogens with one attached hydrogen (secondary N) is 1. The van der Waals surface area contributed by atoms with E-state index in [0.717, 1.165) is 11.8 Å². The van der Waals surface area contributed by atoms with Crippen LogP contribution in [0, 0.1) is 0 Å². The quantitative estimate of drug-likeness (QED) is 0.351. The van der Waals surface area contributed by atoms with Gasteiger partial charge in [-0.2, -0.15) is 0 Å². The lowest BCUT2D eigenvalue weighted by atomic mass is 10.2. The van der Waals surface area contributed by atoms with Crippen LogP contribution in [-0.4, -0.2) is 49.1 Å². The molecule has 0 atom stereocenters. The Morgan fingerprint density at radius 3 is 2.56 bits per heavy atom. The fraction of sp³-hybridized carbons (Fsp3) is 0.286. The summed E-state index contributed by atoms with van der Waals surface area (Å²) in [6.45, 7) is 0.620. The zero-order chi connectivity index (χ0) is 23.3. The highest BCUT2D eigenvalue weighted by Crippen LogP contribution is 2.36. The molecule has 0 spiro atoms. The normalized spacial score (nSPS) is 10.9. The number of hydrogen-bond donors (Lipinski definition) is 1. The van der Waals surface area contributed by atoms with Crippen molar-refractivity contribution >= 4 is 57.5 Å². The lowest BCUT2D eigenvalue weighted by molar-refractivity contribution is -0.113. The van der Waals surface area contributed by atoms with E-state index in [9.17, 15) is 9.59 Å². The van der Waals surface area contributed by atoms with Crippen molar-refractivity contribution in [2.75, 3.05) is 39.0 Å². The molecule has 0 aliphatic rings. The van der Waals surface area contributed by atoms with Crippen LogP contribution in [0.5, 0.6) is 11.5 Å². The molecule has 11 heteroatoms. The number of benzene rings is 2. The average Bonchev–Trinajstić information content (AvgIpc) is 2.77. The highest BCUT2D eigenvalue weighted by Gasteiger charge is 2.16. The number of nitrogens with zero attached hydrogens (tertiary/aromatic N) is 2.